The molecule has 0 aliphatic heterocycles. The average molecular weight is 308 g/mol. The number of benzene rings is 2. The van der Waals surface area contributed by atoms with Crippen LogP contribution in [0.2, 0.25) is 0 Å². The minimum absolute atomic E-state index is 0.00322. The number of rotatable bonds is 3. The van der Waals surface area contributed by atoms with E-state index in [1.807, 2.05) is 0 Å². The number of hydrogen-bond donors (Lipinski definition) is 1. The molecular weight excluding hydrogens is 297 g/mol. The molecule has 0 saturated carbocycles. The largest absolute Gasteiger partial charge is 0.508 e. The van der Waals surface area contributed by atoms with Crippen LogP contribution >= 0.6 is 0 Å². The van der Waals surface area contributed by atoms with Crippen LogP contribution in [0, 0.1) is 0 Å². The number of phenolic OH excluding ortho intramolecular Hbond substituents is 1. The summed E-state index contributed by atoms with van der Waals surface area (Å²) < 4.78 is 48.6. The standard InChI is InChI=1S/C16H11F3O3/c17-16(18,19)11-2-1-3-13(8-11)21-9-14-7-10-6-12(20)4-5-15(10)22-14/h1-8,20H,9H2. The van der Waals surface area contributed by atoms with E-state index in [-0.39, 0.29) is 18.1 Å². The third kappa shape index (κ3) is 3.00. The number of aromatic hydroxyl groups is 1. The number of ether oxygens (including phenoxy) is 1. The van der Waals surface area contributed by atoms with Gasteiger partial charge in [0, 0.05) is 5.39 Å². The molecule has 0 aliphatic rings. The number of alkyl halides is 3. The van der Waals surface area contributed by atoms with E-state index in [9.17, 15) is 18.3 Å². The average Bonchev–Trinajstić information content (AvgIpc) is 2.86. The van der Waals surface area contributed by atoms with Gasteiger partial charge in [0.05, 0.1) is 5.56 Å². The molecular formula is C16H11F3O3. The molecule has 0 unspecified atom stereocenters. The Morgan fingerprint density at radius 1 is 1.05 bits per heavy atom. The van der Waals surface area contributed by atoms with Crippen molar-refractivity contribution >= 4 is 11.0 Å². The molecule has 114 valence electrons. The smallest absolute Gasteiger partial charge is 0.416 e. The van der Waals surface area contributed by atoms with Crippen LogP contribution in [0.25, 0.3) is 11.0 Å². The molecule has 0 fully saturated rings. The van der Waals surface area contributed by atoms with Crippen LogP contribution in [0.1, 0.15) is 11.3 Å². The van der Waals surface area contributed by atoms with Crippen molar-refractivity contribution in [1.29, 1.82) is 0 Å². The van der Waals surface area contributed by atoms with Gasteiger partial charge in [-0.15, -0.1) is 0 Å². The number of fused-ring (bicyclic) bond motifs is 1. The van der Waals surface area contributed by atoms with Gasteiger partial charge >= 0.3 is 6.18 Å². The lowest BCUT2D eigenvalue weighted by Crippen LogP contribution is -2.05. The summed E-state index contributed by atoms with van der Waals surface area (Å²) >= 11 is 0. The lowest BCUT2D eigenvalue weighted by atomic mass is 10.2. The van der Waals surface area contributed by atoms with E-state index in [1.165, 1.54) is 24.3 Å². The Labute approximate surface area is 123 Å². The highest BCUT2D eigenvalue weighted by Crippen LogP contribution is 2.31. The first-order valence-corrected chi connectivity index (χ1v) is 6.43. The van der Waals surface area contributed by atoms with Gasteiger partial charge in [-0.05, 0) is 42.5 Å². The number of hydrogen-bond acceptors (Lipinski definition) is 3. The second kappa shape index (κ2) is 5.29. The van der Waals surface area contributed by atoms with Crippen LogP contribution in [0.5, 0.6) is 11.5 Å². The molecule has 3 rings (SSSR count). The topological polar surface area (TPSA) is 42.6 Å². The van der Waals surface area contributed by atoms with Crippen LogP contribution < -0.4 is 4.74 Å². The molecule has 3 nitrogen and oxygen atoms in total. The van der Waals surface area contributed by atoms with E-state index < -0.39 is 11.7 Å². The lowest BCUT2D eigenvalue weighted by molar-refractivity contribution is -0.137. The second-order valence-corrected chi connectivity index (χ2v) is 4.75. The fourth-order valence-corrected chi connectivity index (χ4v) is 2.07. The van der Waals surface area contributed by atoms with Crippen LogP contribution in [-0.4, -0.2) is 5.11 Å². The highest BCUT2D eigenvalue weighted by molar-refractivity contribution is 5.79. The van der Waals surface area contributed by atoms with E-state index in [2.05, 4.69) is 0 Å². The molecule has 0 aliphatic carbocycles. The first-order chi connectivity index (χ1) is 10.4. The van der Waals surface area contributed by atoms with Crippen molar-refractivity contribution in [3.8, 4) is 11.5 Å². The molecule has 3 aromatic rings. The van der Waals surface area contributed by atoms with Crippen molar-refractivity contribution in [3.05, 3.63) is 59.9 Å². The number of furan rings is 1. The zero-order valence-corrected chi connectivity index (χ0v) is 11.2. The summed E-state index contributed by atoms with van der Waals surface area (Å²) in [5, 5.41) is 10.1. The zero-order chi connectivity index (χ0) is 15.7. The summed E-state index contributed by atoms with van der Waals surface area (Å²) in [6.45, 7) is -0.00322. The molecule has 0 amide bonds. The normalized spacial score (nSPS) is 11.8. The van der Waals surface area contributed by atoms with Gasteiger partial charge in [-0.3, -0.25) is 0 Å². The van der Waals surface area contributed by atoms with E-state index in [0.29, 0.717) is 16.7 Å². The Balaban J connectivity index is 1.76. The summed E-state index contributed by atoms with van der Waals surface area (Å²) in [5.41, 5.74) is -0.194. The fourth-order valence-electron chi connectivity index (χ4n) is 2.07. The third-order valence-electron chi connectivity index (χ3n) is 3.09. The minimum atomic E-state index is -4.41. The van der Waals surface area contributed by atoms with Crippen LogP contribution in [0.15, 0.2) is 52.9 Å². The maximum absolute atomic E-state index is 12.6. The number of phenols is 1. The fraction of sp³-hybridized carbons (Fsp3) is 0.125. The SMILES string of the molecule is Oc1ccc2oc(COc3cccc(C(F)(F)F)c3)cc2c1. The van der Waals surface area contributed by atoms with Gasteiger partial charge in [0.15, 0.2) is 0 Å². The summed E-state index contributed by atoms with van der Waals surface area (Å²) in [5.74, 6) is 0.676. The van der Waals surface area contributed by atoms with Gasteiger partial charge in [0.25, 0.3) is 0 Å². The molecule has 6 heteroatoms. The Morgan fingerprint density at radius 3 is 2.64 bits per heavy atom. The summed E-state index contributed by atoms with van der Waals surface area (Å²) in [4.78, 5) is 0. The first kappa shape index (κ1) is 14.3. The Hall–Kier alpha value is -2.63. The quantitative estimate of drug-likeness (QED) is 0.760. The molecule has 0 radical (unpaired) electrons. The highest BCUT2D eigenvalue weighted by atomic mass is 19.4. The molecule has 22 heavy (non-hydrogen) atoms. The van der Waals surface area contributed by atoms with Gasteiger partial charge < -0.3 is 14.3 Å². The minimum Gasteiger partial charge on any atom is -0.508 e. The van der Waals surface area contributed by atoms with Crippen LogP contribution in [0.4, 0.5) is 13.2 Å². The Morgan fingerprint density at radius 2 is 1.86 bits per heavy atom. The molecule has 0 spiro atoms. The van der Waals surface area contributed by atoms with E-state index in [4.69, 9.17) is 9.15 Å². The van der Waals surface area contributed by atoms with E-state index >= 15 is 0 Å². The van der Waals surface area contributed by atoms with Crippen molar-refractivity contribution < 1.29 is 27.4 Å². The summed E-state index contributed by atoms with van der Waals surface area (Å²) in [6.07, 6.45) is -4.41. The molecule has 0 atom stereocenters. The van der Waals surface area contributed by atoms with Gasteiger partial charge in [-0.1, -0.05) is 6.07 Å². The van der Waals surface area contributed by atoms with Crippen molar-refractivity contribution in [3.63, 3.8) is 0 Å². The predicted octanol–water partition coefficient (Wildman–Crippen LogP) is 4.74. The van der Waals surface area contributed by atoms with E-state index in [0.717, 1.165) is 12.1 Å². The van der Waals surface area contributed by atoms with Crippen molar-refractivity contribution in [2.45, 2.75) is 12.8 Å². The van der Waals surface area contributed by atoms with Gasteiger partial charge in [0.1, 0.15) is 29.4 Å². The van der Waals surface area contributed by atoms with Gasteiger partial charge in [0.2, 0.25) is 0 Å². The van der Waals surface area contributed by atoms with Crippen LogP contribution in [-0.2, 0) is 12.8 Å². The monoisotopic (exact) mass is 308 g/mol. The van der Waals surface area contributed by atoms with Crippen molar-refractivity contribution in [1.82, 2.24) is 0 Å². The van der Waals surface area contributed by atoms with Gasteiger partial charge in [-0.25, -0.2) is 0 Å². The molecule has 1 heterocycles. The summed E-state index contributed by atoms with van der Waals surface area (Å²) in [6, 6.07) is 11.0. The maximum Gasteiger partial charge on any atom is 0.416 e. The second-order valence-electron chi connectivity index (χ2n) is 4.75. The van der Waals surface area contributed by atoms with Gasteiger partial charge in [-0.2, -0.15) is 13.2 Å². The molecule has 2 aromatic carbocycles. The lowest BCUT2D eigenvalue weighted by Gasteiger charge is -2.09. The maximum atomic E-state index is 12.6. The Bertz CT molecular complexity index is 806. The first-order valence-electron chi connectivity index (χ1n) is 6.43. The molecule has 0 saturated heterocycles. The molecule has 1 aromatic heterocycles. The molecule has 0 bridgehead atoms. The van der Waals surface area contributed by atoms with E-state index in [1.54, 1.807) is 12.1 Å². The zero-order valence-electron chi connectivity index (χ0n) is 11.2. The molecule has 1 N–H and O–H groups in total. The summed E-state index contributed by atoms with van der Waals surface area (Å²) in [7, 11) is 0. The third-order valence-corrected chi connectivity index (χ3v) is 3.09. The predicted molar refractivity (Wildman–Crippen MR) is 73.7 cm³/mol. The number of halogens is 3. The van der Waals surface area contributed by atoms with Crippen molar-refractivity contribution in [2.75, 3.05) is 0 Å². The van der Waals surface area contributed by atoms with Crippen LogP contribution in [0.3, 0.4) is 0 Å². The van der Waals surface area contributed by atoms with Crippen molar-refractivity contribution in [2.24, 2.45) is 0 Å². The Kier molecular flexibility index (Phi) is 3.44. The highest BCUT2D eigenvalue weighted by Gasteiger charge is 2.30.